The molecule has 7 heteroatoms. The normalized spacial score (nSPS) is 15.9. The van der Waals surface area contributed by atoms with Crippen molar-refractivity contribution in [3.05, 3.63) is 23.8 Å². The lowest BCUT2D eigenvalue weighted by atomic mass is 10.2. The van der Waals surface area contributed by atoms with Gasteiger partial charge in [-0.2, -0.15) is 0 Å². The number of nitrogens with zero attached hydrogens (tertiary/aromatic N) is 1. The van der Waals surface area contributed by atoms with Crippen LogP contribution in [0.25, 0.3) is 0 Å². The summed E-state index contributed by atoms with van der Waals surface area (Å²) in [6, 6.07) is 3.98. The summed E-state index contributed by atoms with van der Waals surface area (Å²) < 4.78 is 22.7. The first-order valence-corrected chi connectivity index (χ1v) is 7.09. The zero-order valence-electron chi connectivity index (χ0n) is 9.67. The highest BCUT2D eigenvalue weighted by atomic mass is 32.2. The van der Waals surface area contributed by atoms with Crippen molar-refractivity contribution in [2.24, 2.45) is 5.14 Å². The zero-order chi connectivity index (χ0) is 13.3. The molecule has 0 saturated carbocycles. The van der Waals surface area contributed by atoms with Crippen molar-refractivity contribution in [1.29, 1.82) is 0 Å². The van der Waals surface area contributed by atoms with Crippen LogP contribution < -0.4 is 10.0 Å². The van der Waals surface area contributed by atoms with Gasteiger partial charge in [0.2, 0.25) is 10.0 Å². The smallest absolute Gasteiger partial charge is 0.335 e. The van der Waals surface area contributed by atoms with Crippen LogP contribution in [0.1, 0.15) is 23.2 Å². The van der Waals surface area contributed by atoms with Crippen LogP contribution in [-0.4, -0.2) is 32.6 Å². The summed E-state index contributed by atoms with van der Waals surface area (Å²) in [6.07, 6.45) is 2.03. The number of rotatable bonds is 3. The molecule has 1 fully saturated rings. The van der Waals surface area contributed by atoms with Gasteiger partial charge in [-0.05, 0) is 31.0 Å². The number of aromatic carboxylic acids is 1. The average Bonchev–Trinajstić information content (AvgIpc) is 2.80. The Labute approximate surface area is 105 Å². The highest BCUT2D eigenvalue weighted by Crippen LogP contribution is 2.25. The first-order valence-electron chi connectivity index (χ1n) is 5.54. The molecule has 0 bridgehead atoms. The maximum atomic E-state index is 11.3. The van der Waals surface area contributed by atoms with Crippen LogP contribution in [0.3, 0.4) is 0 Å². The lowest BCUT2D eigenvalue weighted by molar-refractivity contribution is 0.0696. The fourth-order valence-corrected chi connectivity index (χ4v) is 2.61. The predicted octanol–water partition coefficient (Wildman–Crippen LogP) is 0.632. The molecule has 0 spiro atoms. The van der Waals surface area contributed by atoms with Gasteiger partial charge in [-0.3, -0.25) is 0 Å². The SMILES string of the molecule is NS(=O)(=O)c1cc(C(=O)O)cc(N2CCCC2)c1. The van der Waals surface area contributed by atoms with Gasteiger partial charge in [0.15, 0.2) is 0 Å². The fourth-order valence-electron chi connectivity index (χ4n) is 2.03. The second kappa shape index (κ2) is 4.58. The Balaban J connectivity index is 2.52. The van der Waals surface area contributed by atoms with E-state index in [1.54, 1.807) is 0 Å². The van der Waals surface area contributed by atoms with Crippen LogP contribution >= 0.6 is 0 Å². The summed E-state index contributed by atoms with van der Waals surface area (Å²) in [5.41, 5.74) is 0.528. The van der Waals surface area contributed by atoms with Gasteiger partial charge in [0.25, 0.3) is 0 Å². The third-order valence-corrected chi connectivity index (χ3v) is 3.83. The van der Waals surface area contributed by atoms with E-state index in [-0.39, 0.29) is 10.5 Å². The second-order valence-electron chi connectivity index (χ2n) is 4.26. The summed E-state index contributed by atoms with van der Waals surface area (Å²) in [4.78, 5) is 12.8. The van der Waals surface area contributed by atoms with Crippen molar-refractivity contribution >= 4 is 21.7 Å². The minimum absolute atomic E-state index is 0.0663. The molecular formula is C11H14N2O4S. The monoisotopic (exact) mass is 270 g/mol. The molecule has 1 aliphatic rings. The molecule has 1 saturated heterocycles. The molecule has 1 aromatic rings. The molecule has 1 heterocycles. The zero-order valence-corrected chi connectivity index (χ0v) is 10.5. The molecule has 98 valence electrons. The van der Waals surface area contributed by atoms with Crippen LogP contribution in [0.15, 0.2) is 23.1 Å². The Morgan fingerprint density at radius 3 is 2.33 bits per heavy atom. The van der Waals surface area contributed by atoms with Crippen molar-refractivity contribution < 1.29 is 18.3 Å². The topological polar surface area (TPSA) is 101 Å². The van der Waals surface area contributed by atoms with Crippen molar-refractivity contribution in [2.75, 3.05) is 18.0 Å². The molecule has 0 amide bonds. The van der Waals surface area contributed by atoms with Crippen molar-refractivity contribution in [2.45, 2.75) is 17.7 Å². The molecule has 0 radical (unpaired) electrons. The van der Waals surface area contributed by atoms with E-state index in [9.17, 15) is 13.2 Å². The number of anilines is 1. The average molecular weight is 270 g/mol. The fraction of sp³-hybridized carbons (Fsp3) is 0.364. The van der Waals surface area contributed by atoms with E-state index in [0.717, 1.165) is 32.0 Å². The van der Waals surface area contributed by atoms with E-state index in [1.807, 2.05) is 4.90 Å². The van der Waals surface area contributed by atoms with Gasteiger partial charge in [-0.1, -0.05) is 0 Å². The molecule has 6 nitrogen and oxygen atoms in total. The maximum absolute atomic E-state index is 11.3. The predicted molar refractivity (Wildman–Crippen MR) is 66.2 cm³/mol. The maximum Gasteiger partial charge on any atom is 0.335 e. The van der Waals surface area contributed by atoms with Gasteiger partial charge >= 0.3 is 5.97 Å². The molecule has 0 atom stereocenters. The highest BCUT2D eigenvalue weighted by molar-refractivity contribution is 7.89. The van der Waals surface area contributed by atoms with E-state index in [4.69, 9.17) is 10.2 Å². The standard InChI is InChI=1S/C11H14N2O4S/c12-18(16,17)10-6-8(11(14)15)5-9(7-10)13-3-1-2-4-13/h5-7H,1-4H2,(H,14,15)(H2,12,16,17). The minimum Gasteiger partial charge on any atom is -0.478 e. The lowest BCUT2D eigenvalue weighted by Gasteiger charge is -2.18. The Hall–Kier alpha value is -1.60. The van der Waals surface area contributed by atoms with Crippen LogP contribution in [0.5, 0.6) is 0 Å². The highest BCUT2D eigenvalue weighted by Gasteiger charge is 2.18. The Morgan fingerprint density at radius 1 is 1.22 bits per heavy atom. The number of nitrogens with two attached hydrogens (primary N) is 1. The Kier molecular flexibility index (Phi) is 3.27. The van der Waals surface area contributed by atoms with Gasteiger partial charge in [0.05, 0.1) is 10.5 Å². The van der Waals surface area contributed by atoms with Crippen molar-refractivity contribution in [3.63, 3.8) is 0 Å². The van der Waals surface area contributed by atoms with Crippen LogP contribution in [-0.2, 0) is 10.0 Å². The summed E-state index contributed by atoms with van der Waals surface area (Å²) in [7, 11) is -3.90. The first-order chi connectivity index (χ1) is 8.38. The molecule has 18 heavy (non-hydrogen) atoms. The second-order valence-corrected chi connectivity index (χ2v) is 5.82. The summed E-state index contributed by atoms with van der Waals surface area (Å²) in [6.45, 7) is 1.60. The molecule has 2 rings (SSSR count). The van der Waals surface area contributed by atoms with E-state index >= 15 is 0 Å². The molecule has 0 unspecified atom stereocenters. The quantitative estimate of drug-likeness (QED) is 0.839. The number of hydrogen-bond donors (Lipinski definition) is 2. The number of carboxylic acid groups (broad SMARTS) is 1. The van der Waals surface area contributed by atoms with Gasteiger partial charge in [-0.25, -0.2) is 18.4 Å². The first kappa shape index (κ1) is 12.8. The van der Waals surface area contributed by atoms with Crippen LogP contribution in [0.4, 0.5) is 5.69 Å². The molecule has 0 aromatic heterocycles. The molecule has 1 aliphatic heterocycles. The molecule has 1 aromatic carbocycles. The Morgan fingerprint density at radius 2 is 1.83 bits per heavy atom. The number of carboxylic acids is 1. The number of carbonyl (C=O) groups is 1. The summed E-state index contributed by atoms with van der Waals surface area (Å²) >= 11 is 0. The Bertz CT molecular complexity index is 577. The van der Waals surface area contributed by atoms with E-state index in [0.29, 0.717) is 5.69 Å². The molecule has 3 N–H and O–H groups in total. The van der Waals surface area contributed by atoms with E-state index < -0.39 is 16.0 Å². The van der Waals surface area contributed by atoms with Gasteiger partial charge < -0.3 is 10.0 Å². The largest absolute Gasteiger partial charge is 0.478 e. The summed E-state index contributed by atoms with van der Waals surface area (Å²) in [5.74, 6) is -1.17. The van der Waals surface area contributed by atoms with Gasteiger partial charge in [0.1, 0.15) is 0 Å². The lowest BCUT2D eigenvalue weighted by Crippen LogP contribution is -2.20. The third kappa shape index (κ3) is 2.62. The number of sulfonamides is 1. The third-order valence-electron chi connectivity index (χ3n) is 2.94. The van der Waals surface area contributed by atoms with Crippen LogP contribution in [0, 0.1) is 0 Å². The van der Waals surface area contributed by atoms with Gasteiger partial charge in [-0.15, -0.1) is 0 Å². The molecule has 0 aliphatic carbocycles. The number of primary sulfonamides is 1. The number of hydrogen-bond acceptors (Lipinski definition) is 4. The van der Waals surface area contributed by atoms with E-state index in [2.05, 4.69) is 0 Å². The van der Waals surface area contributed by atoms with Crippen molar-refractivity contribution in [3.8, 4) is 0 Å². The molecular weight excluding hydrogens is 256 g/mol. The minimum atomic E-state index is -3.90. The number of benzene rings is 1. The van der Waals surface area contributed by atoms with E-state index in [1.165, 1.54) is 12.1 Å². The van der Waals surface area contributed by atoms with Crippen LogP contribution in [0.2, 0.25) is 0 Å². The van der Waals surface area contributed by atoms with Gasteiger partial charge in [0, 0.05) is 18.8 Å². The summed E-state index contributed by atoms with van der Waals surface area (Å²) in [5, 5.41) is 14.0. The van der Waals surface area contributed by atoms with Crippen molar-refractivity contribution in [1.82, 2.24) is 0 Å².